The molecule has 1 rings (SSSR count). The number of anilines is 1. The summed E-state index contributed by atoms with van der Waals surface area (Å²) in [6, 6.07) is 4.96. The van der Waals surface area contributed by atoms with Crippen LogP contribution in [0.1, 0.15) is 23.7 Å². The molecule has 1 atom stereocenters. The fraction of sp³-hybridized carbons (Fsp3) is 0.462. The molecule has 0 fully saturated rings. The first-order chi connectivity index (χ1) is 8.62. The predicted molar refractivity (Wildman–Crippen MR) is 70.8 cm³/mol. The van der Waals surface area contributed by atoms with Gasteiger partial charge in [-0.25, -0.2) is 0 Å². The molecule has 1 aromatic carbocycles. The lowest BCUT2D eigenvalue weighted by atomic mass is 10.1. The summed E-state index contributed by atoms with van der Waals surface area (Å²) in [7, 11) is 3.13. The summed E-state index contributed by atoms with van der Waals surface area (Å²) in [6.45, 7) is 2.47. The van der Waals surface area contributed by atoms with E-state index in [2.05, 4.69) is 5.32 Å². The first-order valence-electron chi connectivity index (χ1n) is 5.85. The number of hydrogen-bond donors (Lipinski definition) is 2. The van der Waals surface area contributed by atoms with Gasteiger partial charge in [-0.3, -0.25) is 4.79 Å². The third kappa shape index (κ3) is 3.63. The second-order valence-corrected chi connectivity index (χ2v) is 3.99. The van der Waals surface area contributed by atoms with E-state index in [4.69, 9.17) is 15.2 Å². The van der Waals surface area contributed by atoms with E-state index in [1.54, 1.807) is 25.3 Å². The summed E-state index contributed by atoms with van der Waals surface area (Å²) in [4.78, 5) is 12.1. The van der Waals surface area contributed by atoms with Gasteiger partial charge >= 0.3 is 0 Å². The maximum Gasteiger partial charge on any atom is 0.255 e. The third-order valence-electron chi connectivity index (χ3n) is 2.66. The summed E-state index contributed by atoms with van der Waals surface area (Å²) in [5, 5.41) is 2.89. The van der Waals surface area contributed by atoms with Gasteiger partial charge in [0, 0.05) is 12.8 Å². The van der Waals surface area contributed by atoms with Gasteiger partial charge in [0.25, 0.3) is 5.91 Å². The van der Waals surface area contributed by atoms with Gasteiger partial charge in [-0.1, -0.05) is 6.92 Å². The lowest BCUT2D eigenvalue weighted by Crippen LogP contribution is -2.37. The van der Waals surface area contributed by atoms with Crippen LogP contribution in [0.4, 0.5) is 5.69 Å². The van der Waals surface area contributed by atoms with Crippen molar-refractivity contribution in [3.05, 3.63) is 23.8 Å². The molecule has 0 heterocycles. The molecule has 0 spiro atoms. The van der Waals surface area contributed by atoms with Crippen LogP contribution in [0.25, 0.3) is 0 Å². The van der Waals surface area contributed by atoms with Crippen LogP contribution in [0.3, 0.4) is 0 Å². The second-order valence-electron chi connectivity index (χ2n) is 3.99. The van der Waals surface area contributed by atoms with Crippen LogP contribution in [0.2, 0.25) is 0 Å². The van der Waals surface area contributed by atoms with Gasteiger partial charge in [-0.05, 0) is 24.6 Å². The van der Waals surface area contributed by atoms with Gasteiger partial charge < -0.3 is 20.5 Å². The highest BCUT2D eigenvalue weighted by atomic mass is 16.5. The highest BCUT2D eigenvalue weighted by Gasteiger charge is 2.16. The van der Waals surface area contributed by atoms with Gasteiger partial charge in [-0.2, -0.15) is 0 Å². The minimum atomic E-state index is -0.206. The van der Waals surface area contributed by atoms with Gasteiger partial charge in [0.2, 0.25) is 0 Å². The Morgan fingerprint density at radius 2 is 2.17 bits per heavy atom. The number of hydrogen-bond acceptors (Lipinski definition) is 4. The molecule has 18 heavy (non-hydrogen) atoms. The zero-order chi connectivity index (χ0) is 13.5. The number of nitrogens with one attached hydrogen (secondary N) is 1. The Kier molecular flexibility index (Phi) is 5.45. The molecule has 100 valence electrons. The van der Waals surface area contributed by atoms with Crippen molar-refractivity contribution in [1.29, 1.82) is 0 Å². The SMILES string of the molecule is CCC(COC)NC(=O)c1cc(N)ccc1OC. The predicted octanol–water partition coefficient (Wildman–Crippen LogP) is 1.43. The molecule has 0 saturated carbocycles. The summed E-state index contributed by atoms with van der Waals surface area (Å²) in [5.41, 5.74) is 6.65. The largest absolute Gasteiger partial charge is 0.496 e. The number of methoxy groups -OCH3 is 2. The summed E-state index contributed by atoms with van der Waals surface area (Å²) in [5.74, 6) is 0.303. The standard InChI is InChI=1S/C13H20N2O3/c1-4-10(8-17-2)15-13(16)11-7-9(14)5-6-12(11)18-3/h5-7,10H,4,8,14H2,1-3H3,(H,15,16). The van der Waals surface area contributed by atoms with Gasteiger partial charge in [0.1, 0.15) is 5.75 Å². The van der Waals surface area contributed by atoms with Crippen LogP contribution in [0.5, 0.6) is 5.75 Å². The van der Waals surface area contributed by atoms with Crippen LogP contribution in [-0.2, 0) is 4.74 Å². The Morgan fingerprint density at radius 3 is 2.72 bits per heavy atom. The number of nitrogen functional groups attached to an aromatic ring is 1. The molecule has 5 heteroatoms. The fourth-order valence-corrected chi connectivity index (χ4v) is 1.63. The van der Waals surface area contributed by atoms with Crippen molar-refractivity contribution in [2.45, 2.75) is 19.4 Å². The smallest absolute Gasteiger partial charge is 0.255 e. The first-order valence-corrected chi connectivity index (χ1v) is 5.85. The van der Waals surface area contributed by atoms with Crippen molar-refractivity contribution in [3.8, 4) is 5.75 Å². The minimum absolute atomic E-state index is 0.0198. The normalized spacial score (nSPS) is 11.9. The Hall–Kier alpha value is -1.75. The average molecular weight is 252 g/mol. The number of carbonyl (C=O) groups is 1. The molecule has 0 bridgehead atoms. The zero-order valence-electron chi connectivity index (χ0n) is 11.0. The zero-order valence-corrected chi connectivity index (χ0v) is 11.0. The number of benzene rings is 1. The summed E-state index contributed by atoms with van der Waals surface area (Å²) in [6.07, 6.45) is 0.796. The Morgan fingerprint density at radius 1 is 1.44 bits per heavy atom. The molecule has 0 aromatic heterocycles. The van der Waals surface area contributed by atoms with Crippen LogP contribution in [0, 0.1) is 0 Å². The molecule has 0 saturated heterocycles. The number of nitrogens with two attached hydrogens (primary N) is 1. The molecule has 1 aromatic rings. The van der Waals surface area contributed by atoms with Gasteiger partial charge in [0.15, 0.2) is 0 Å². The Balaban J connectivity index is 2.85. The van der Waals surface area contributed by atoms with Gasteiger partial charge in [-0.15, -0.1) is 0 Å². The second kappa shape index (κ2) is 6.86. The molecule has 3 N–H and O–H groups in total. The molecule has 5 nitrogen and oxygen atoms in total. The van der Waals surface area contributed by atoms with Crippen molar-refractivity contribution in [1.82, 2.24) is 5.32 Å². The van der Waals surface area contributed by atoms with Crippen molar-refractivity contribution >= 4 is 11.6 Å². The first kappa shape index (κ1) is 14.3. The van der Waals surface area contributed by atoms with Gasteiger partial charge in [0.05, 0.1) is 25.3 Å². The lowest BCUT2D eigenvalue weighted by molar-refractivity contribution is 0.0891. The summed E-state index contributed by atoms with van der Waals surface area (Å²) >= 11 is 0. The Bertz CT molecular complexity index is 407. The number of ether oxygens (including phenoxy) is 2. The van der Waals surface area contributed by atoms with Crippen LogP contribution in [0.15, 0.2) is 18.2 Å². The van der Waals surface area contributed by atoms with E-state index in [1.807, 2.05) is 6.92 Å². The van der Waals surface area contributed by atoms with E-state index in [0.717, 1.165) is 6.42 Å². The van der Waals surface area contributed by atoms with E-state index < -0.39 is 0 Å². The molecule has 1 amide bonds. The monoisotopic (exact) mass is 252 g/mol. The Labute approximate surface area is 107 Å². The summed E-state index contributed by atoms with van der Waals surface area (Å²) < 4.78 is 10.2. The van der Waals surface area contributed by atoms with Crippen molar-refractivity contribution in [2.75, 3.05) is 26.6 Å². The topological polar surface area (TPSA) is 73.6 Å². The number of carbonyl (C=O) groups excluding carboxylic acids is 1. The van der Waals surface area contributed by atoms with Crippen molar-refractivity contribution in [3.63, 3.8) is 0 Å². The molecule has 1 unspecified atom stereocenters. The van der Waals surface area contributed by atoms with Crippen LogP contribution < -0.4 is 15.8 Å². The molecule has 0 aliphatic rings. The van der Waals surface area contributed by atoms with Crippen LogP contribution in [-0.4, -0.2) is 32.8 Å². The van der Waals surface area contributed by atoms with E-state index in [9.17, 15) is 4.79 Å². The molecule has 0 aliphatic heterocycles. The van der Waals surface area contributed by atoms with Crippen molar-refractivity contribution < 1.29 is 14.3 Å². The van der Waals surface area contributed by atoms with E-state index >= 15 is 0 Å². The van der Waals surface area contributed by atoms with Crippen LogP contribution >= 0.6 is 0 Å². The van der Waals surface area contributed by atoms with E-state index in [1.165, 1.54) is 7.11 Å². The maximum absolute atomic E-state index is 12.1. The highest BCUT2D eigenvalue weighted by molar-refractivity contribution is 5.98. The number of rotatable bonds is 6. The molecular weight excluding hydrogens is 232 g/mol. The fourth-order valence-electron chi connectivity index (χ4n) is 1.63. The molecule has 0 aliphatic carbocycles. The van der Waals surface area contributed by atoms with Crippen molar-refractivity contribution in [2.24, 2.45) is 0 Å². The average Bonchev–Trinajstić information content (AvgIpc) is 2.38. The van der Waals surface area contributed by atoms with E-state index in [0.29, 0.717) is 23.6 Å². The highest BCUT2D eigenvalue weighted by Crippen LogP contribution is 2.21. The minimum Gasteiger partial charge on any atom is -0.496 e. The third-order valence-corrected chi connectivity index (χ3v) is 2.66. The molecule has 0 radical (unpaired) electrons. The van der Waals surface area contributed by atoms with E-state index in [-0.39, 0.29) is 11.9 Å². The molecular formula is C13H20N2O3. The maximum atomic E-state index is 12.1. The lowest BCUT2D eigenvalue weighted by Gasteiger charge is -2.17. The quantitative estimate of drug-likeness (QED) is 0.751. The number of amides is 1.